The van der Waals surface area contributed by atoms with Crippen LogP contribution < -0.4 is 10.1 Å². The fourth-order valence-corrected chi connectivity index (χ4v) is 1.56. The Morgan fingerprint density at radius 2 is 2.21 bits per heavy atom. The minimum Gasteiger partial charge on any atom is -0.486 e. The fourth-order valence-electron chi connectivity index (χ4n) is 1.40. The molecular formula is C12H15ClN2O4. The summed E-state index contributed by atoms with van der Waals surface area (Å²) in [5, 5.41) is 13.8. The van der Waals surface area contributed by atoms with E-state index in [0.717, 1.165) is 0 Å². The molecule has 7 heteroatoms. The van der Waals surface area contributed by atoms with Crippen molar-refractivity contribution in [1.82, 2.24) is 5.32 Å². The highest BCUT2D eigenvalue weighted by atomic mass is 35.5. The first-order valence-electron chi connectivity index (χ1n) is 5.76. The number of nitrogens with zero attached hydrogens (tertiary/aromatic N) is 1. The molecule has 19 heavy (non-hydrogen) atoms. The SMILES string of the molecule is CC(C)NC(=O)CCOc1cc(Cl)ccc1[N+](=O)[O-]. The molecular weight excluding hydrogens is 272 g/mol. The predicted octanol–water partition coefficient (Wildman–Crippen LogP) is 2.54. The van der Waals surface area contributed by atoms with E-state index in [0.29, 0.717) is 5.02 Å². The van der Waals surface area contributed by atoms with E-state index in [9.17, 15) is 14.9 Å². The van der Waals surface area contributed by atoms with Crippen LogP contribution in [0, 0.1) is 10.1 Å². The second-order valence-corrected chi connectivity index (χ2v) is 4.63. The molecule has 0 saturated heterocycles. The highest BCUT2D eigenvalue weighted by Crippen LogP contribution is 2.29. The first-order chi connectivity index (χ1) is 8.90. The number of ether oxygens (including phenoxy) is 1. The van der Waals surface area contributed by atoms with Gasteiger partial charge in [0, 0.05) is 23.2 Å². The number of nitro groups is 1. The highest BCUT2D eigenvalue weighted by molar-refractivity contribution is 6.30. The Balaban J connectivity index is 2.60. The van der Waals surface area contributed by atoms with Crippen molar-refractivity contribution in [1.29, 1.82) is 0 Å². The second kappa shape index (κ2) is 6.94. The summed E-state index contributed by atoms with van der Waals surface area (Å²) in [7, 11) is 0. The van der Waals surface area contributed by atoms with E-state index in [1.165, 1.54) is 18.2 Å². The normalized spacial score (nSPS) is 10.3. The number of benzene rings is 1. The number of hydrogen-bond donors (Lipinski definition) is 1. The first kappa shape index (κ1) is 15.2. The van der Waals surface area contributed by atoms with Crippen molar-refractivity contribution in [3.63, 3.8) is 0 Å². The molecule has 0 saturated carbocycles. The van der Waals surface area contributed by atoms with Crippen molar-refractivity contribution in [2.24, 2.45) is 0 Å². The van der Waals surface area contributed by atoms with Crippen LogP contribution in [0.4, 0.5) is 5.69 Å². The maximum atomic E-state index is 11.4. The van der Waals surface area contributed by atoms with Gasteiger partial charge in [-0.3, -0.25) is 14.9 Å². The molecule has 1 N–H and O–H groups in total. The molecule has 0 bridgehead atoms. The van der Waals surface area contributed by atoms with Gasteiger partial charge in [-0.1, -0.05) is 11.6 Å². The zero-order valence-corrected chi connectivity index (χ0v) is 11.4. The minimum absolute atomic E-state index is 0.0491. The minimum atomic E-state index is -0.556. The Morgan fingerprint density at radius 1 is 1.53 bits per heavy atom. The maximum absolute atomic E-state index is 11.4. The lowest BCUT2D eigenvalue weighted by Crippen LogP contribution is -2.31. The molecule has 0 heterocycles. The number of nitrogens with one attached hydrogen (secondary N) is 1. The molecule has 0 unspecified atom stereocenters. The smallest absolute Gasteiger partial charge is 0.311 e. The van der Waals surface area contributed by atoms with E-state index in [2.05, 4.69) is 5.32 Å². The van der Waals surface area contributed by atoms with E-state index in [1.807, 2.05) is 13.8 Å². The van der Waals surface area contributed by atoms with E-state index < -0.39 is 4.92 Å². The lowest BCUT2D eigenvalue weighted by atomic mass is 10.3. The Kier molecular flexibility index (Phi) is 5.57. The fraction of sp³-hybridized carbons (Fsp3) is 0.417. The van der Waals surface area contributed by atoms with Crippen molar-refractivity contribution in [3.05, 3.63) is 33.3 Å². The van der Waals surface area contributed by atoms with E-state index in [-0.39, 0.29) is 36.4 Å². The number of amides is 1. The maximum Gasteiger partial charge on any atom is 0.311 e. The number of halogens is 1. The van der Waals surface area contributed by atoms with Gasteiger partial charge in [-0.15, -0.1) is 0 Å². The zero-order chi connectivity index (χ0) is 14.4. The predicted molar refractivity (Wildman–Crippen MR) is 71.5 cm³/mol. The largest absolute Gasteiger partial charge is 0.486 e. The van der Waals surface area contributed by atoms with Gasteiger partial charge in [-0.05, 0) is 19.9 Å². The van der Waals surface area contributed by atoms with Crippen LogP contribution >= 0.6 is 11.6 Å². The van der Waals surface area contributed by atoms with Gasteiger partial charge in [0.1, 0.15) is 0 Å². The lowest BCUT2D eigenvalue weighted by Gasteiger charge is -2.09. The summed E-state index contributed by atoms with van der Waals surface area (Å²) in [4.78, 5) is 21.6. The Morgan fingerprint density at radius 3 is 2.79 bits per heavy atom. The van der Waals surface area contributed by atoms with Crippen LogP contribution in [-0.4, -0.2) is 23.5 Å². The number of hydrogen-bond acceptors (Lipinski definition) is 4. The van der Waals surface area contributed by atoms with Crippen molar-refractivity contribution < 1.29 is 14.5 Å². The third-order valence-corrected chi connectivity index (χ3v) is 2.39. The number of carbonyl (C=O) groups excluding carboxylic acids is 1. The average molecular weight is 287 g/mol. The van der Waals surface area contributed by atoms with Crippen LogP contribution in [0.2, 0.25) is 5.02 Å². The van der Waals surface area contributed by atoms with Gasteiger partial charge in [-0.2, -0.15) is 0 Å². The Labute approximate surface area is 115 Å². The lowest BCUT2D eigenvalue weighted by molar-refractivity contribution is -0.385. The van der Waals surface area contributed by atoms with Crippen LogP contribution in [0.1, 0.15) is 20.3 Å². The molecule has 0 aliphatic rings. The van der Waals surface area contributed by atoms with Gasteiger partial charge in [0.05, 0.1) is 18.0 Å². The summed E-state index contributed by atoms with van der Waals surface area (Å²) < 4.78 is 5.24. The monoisotopic (exact) mass is 286 g/mol. The summed E-state index contributed by atoms with van der Waals surface area (Å²) >= 11 is 5.75. The standard InChI is InChI=1S/C12H15ClN2O4/c1-8(2)14-12(16)5-6-19-11-7-9(13)3-4-10(11)15(17)18/h3-4,7-8H,5-6H2,1-2H3,(H,14,16). The molecule has 0 aliphatic carbocycles. The van der Waals surface area contributed by atoms with Gasteiger partial charge in [-0.25, -0.2) is 0 Å². The van der Waals surface area contributed by atoms with Crippen LogP contribution in [0.15, 0.2) is 18.2 Å². The quantitative estimate of drug-likeness (QED) is 0.643. The first-order valence-corrected chi connectivity index (χ1v) is 6.14. The van der Waals surface area contributed by atoms with Crippen LogP contribution in [-0.2, 0) is 4.79 Å². The molecule has 1 rings (SSSR count). The van der Waals surface area contributed by atoms with Gasteiger partial charge in [0.25, 0.3) is 0 Å². The summed E-state index contributed by atoms with van der Waals surface area (Å²) in [5.74, 6) is -0.102. The van der Waals surface area contributed by atoms with Crippen molar-refractivity contribution in [2.75, 3.05) is 6.61 Å². The molecule has 6 nitrogen and oxygen atoms in total. The molecule has 1 aromatic rings. The molecule has 1 amide bonds. The van der Waals surface area contributed by atoms with Gasteiger partial charge >= 0.3 is 5.69 Å². The Hall–Kier alpha value is -1.82. The second-order valence-electron chi connectivity index (χ2n) is 4.19. The van der Waals surface area contributed by atoms with Gasteiger partial charge in [0.15, 0.2) is 5.75 Å². The highest BCUT2D eigenvalue weighted by Gasteiger charge is 2.15. The molecule has 1 aromatic carbocycles. The number of nitro benzene ring substituents is 1. The number of carbonyl (C=O) groups is 1. The van der Waals surface area contributed by atoms with Gasteiger partial charge < -0.3 is 10.1 Å². The summed E-state index contributed by atoms with van der Waals surface area (Å²) in [6.45, 7) is 3.75. The van der Waals surface area contributed by atoms with Gasteiger partial charge in [0.2, 0.25) is 5.91 Å². The molecule has 0 atom stereocenters. The average Bonchev–Trinajstić information content (AvgIpc) is 2.27. The molecule has 0 aromatic heterocycles. The number of rotatable bonds is 6. The Bertz CT molecular complexity index is 477. The van der Waals surface area contributed by atoms with E-state index in [4.69, 9.17) is 16.3 Å². The molecule has 0 spiro atoms. The van der Waals surface area contributed by atoms with Crippen LogP contribution in [0.3, 0.4) is 0 Å². The zero-order valence-electron chi connectivity index (χ0n) is 10.7. The van der Waals surface area contributed by atoms with Crippen molar-refractivity contribution in [3.8, 4) is 5.75 Å². The van der Waals surface area contributed by atoms with Crippen molar-refractivity contribution >= 4 is 23.2 Å². The third kappa shape index (κ3) is 5.13. The van der Waals surface area contributed by atoms with E-state index in [1.54, 1.807) is 0 Å². The molecule has 0 aliphatic heterocycles. The summed E-state index contributed by atoms with van der Waals surface area (Å²) in [5.41, 5.74) is -0.173. The van der Waals surface area contributed by atoms with Crippen LogP contribution in [0.25, 0.3) is 0 Å². The molecule has 0 fully saturated rings. The molecule has 104 valence electrons. The van der Waals surface area contributed by atoms with Crippen molar-refractivity contribution in [2.45, 2.75) is 26.3 Å². The molecule has 0 radical (unpaired) electrons. The summed E-state index contributed by atoms with van der Waals surface area (Å²) in [6, 6.07) is 4.09. The summed E-state index contributed by atoms with van der Waals surface area (Å²) in [6.07, 6.45) is 0.127. The topological polar surface area (TPSA) is 81.5 Å². The third-order valence-electron chi connectivity index (χ3n) is 2.15. The van der Waals surface area contributed by atoms with Crippen LogP contribution in [0.5, 0.6) is 5.75 Å². The van der Waals surface area contributed by atoms with E-state index >= 15 is 0 Å².